The van der Waals surface area contributed by atoms with E-state index >= 15 is 0 Å². The Balaban J connectivity index is 2.24. The molecule has 5 heteroatoms. The van der Waals surface area contributed by atoms with Gasteiger partial charge in [0.15, 0.2) is 5.65 Å². The second-order valence-corrected chi connectivity index (χ2v) is 6.24. The predicted octanol–water partition coefficient (Wildman–Crippen LogP) is 4.49. The third-order valence-corrected chi connectivity index (χ3v) is 3.72. The van der Waals surface area contributed by atoms with Crippen molar-refractivity contribution in [3.05, 3.63) is 46.6 Å². The van der Waals surface area contributed by atoms with Gasteiger partial charge in [-0.1, -0.05) is 23.7 Å². The molecule has 0 aliphatic carbocycles. The molecule has 0 saturated heterocycles. The van der Waals surface area contributed by atoms with Crippen molar-refractivity contribution in [3.63, 3.8) is 0 Å². The lowest BCUT2D eigenvalue weighted by atomic mass is 10.1. The zero-order valence-electron chi connectivity index (χ0n) is 13.2. The molecule has 114 valence electrons. The van der Waals surface area contributed by atoms with Gasteiger partial charge in [-0.25, -0.2) is 4.98 Å². The molecule has 0 saturated carbocycles. The van der Waals surface area contributed by atoms with Crippen LogP contribution in [0.3, 0.4) is 0 Å². The number of halogens is 1. The quantitative estimate of drug-likeness (QED) is 0.774. The molecule has 2 heterocycles. The summed E-state index contributed by atoms with van der Waals surface area (Å²) in [6, 6.07) is 10.1. The maximum Gasteiger partial charge on any atom is 0.161 e. The Labute approximate surface area is 135 Å². The van der Waals surface area contributed by atoms with Crippen LogP contribution in [-0.2, 0) is 0 Å². The van der Waals surface area contributed by atoms with E-state index in [9.17, 15) is 0 Å². The summed E-state index contributed by atoms with van der Waals surface area (Å²) in [5.74, 6) is 0.953. The fourth-order valence-electron chi connectivity index (χ4n) is 2.55. The molecule has 0 aliphatic rings. The van der Waals surface area contributed by atoms with Crippen LogP contribution < -0.4 is 5.32 Å². The van der Waals surface area contributed by atoms with Crippen LogP contribution in [0, 0.1) is 13.8 Å². The van der Waals surface area contributed by atoms with Crippen molar-refractivity contribution in [1.82, 2.24) is 14.6 Å². The largest absolute Gasteiger partial charge is 0.368 e. The average molecular weight is 315 g/mol. The molecule has 0 bridgehead atoms. The number of benzene rings is 1. The van der Waals surface area contributed by atoms with Gasteiger partial charge < -0.3 is 5.32 Å². The maximum atomic E-state index is 6.11. The number of fused-ring (bicyclic) bond motifs is 1. The van der Waals surface area contributed by atoms with Gasteiger partial charge in [0, 0.05) is 34.0 Å². The fraction of sp³-hybridized carbons (Fsp3) is 0.294. The monoisotopic (exact) mass is 314 g/mol. The first-order chi connectivity index (χ1) is 10.5. The first kappa shape index (κ1) is 14.9. The Hall–Kier alpha value is -2.07. The minimum Gasteiger partial charge on any atom is -0.368 e. The van der Waals surface area contributed by atoms with Gasteiger partial charge in [-0.05, 0) is 39.8 Å². The van der Waals surface area contributed by atoms with E-state index in [4.69, 9.17) is 16.7 Å². The first-order valence-corrected chi connectivity index (χ1v) is 7.73. The van der Waals surface area contributed by atoms with Crippen molar-refractivity contribution in [1.29, 1.82) is 0 Å². The van der Waals surface area contributed by atoms with Crippen LogP contribution in [0.4, 0.5) is 5.82 Å². The van der Waals surface area contributed by atoms with Crippen molar-refractivity contribution in [3.8, 4) is 11.3 Å². The summed E-state index contributed by atoms with van der Waals surface area (Å²) in [4.78, 5) is 4.64. The molecule has 0 unspecified atom stereocenters. The Bertz CT molecular complexity index is 836. The van der Waals surface area contributed by atoms with E-state index in [1.54, 1.807) is 0 Å². The summed E-state index contributed by atoms with van der Waals surface area (Å²) in [5.41, 5.74) is 4.81. The molecule has 2 aromatic heterocycles. The van der Waals surface area contributed by atoms with E-state index in [1.807, 2.05) is 48.7 Å². The van der Waals surface area contributed by atoms with Crippen molar-refractivity contribution < 1.29 is 0 Å². The molecule has 0 fully saturated rings. The predicted molar refractivity (Wildman–Crippen MR) is 91.7 cm³/mol. The summed E-state index contributed by atoms with van der Waals surface area (Å²) >= 11 is 6.11. The third kappa shape index (κ3) is 2.66. The number of hydrogen-bond acceptors (Lipinski definition) is 3. The van der Waals surface area contributed by atoms with E-state index in [0.717, 1.165) is 34.0 Å². The van der Waals surface area contributed by atoms with Gasteiger partial charge in [-0.15, -0.1) is 0 Å². The van der Waals surface area contributed by atoms with Crippen LogP contribution in [0.25, 0.3) is 16.9 Å². The minimum atomic E-state index is 0.323. The van der Waals surface area contributed by atoms with Gasteiger partial charge in [0.05, 0.1) is 5.69 Å². The molecule has 0 spiro atoms. The van der Waals surface area contributed by atoms with Gasteiger partial charge in [0.1, 0.15) is 5.82 Å². The highest BCUT2D eigenvalue weighted by Gasteiger charge is 2.15. The van der Waals surface area contributed by atoms with Gasteiger partial charge in [-0.2, -0.15) is 9.61 Å². The van der Waals surface area contributed by atoms with Gasteiger partial charge in [-0.3, -0.25) is 0 Å². The zero-order chi connectivity index (χ0) is 15.9. The Morgan fingerprint density at radius 2 is 1.95 bits per heavy atom. The molecule has 22 heavy (non-hydrogen) atoms. The highest BCUT2D eigenvalue weighted by Crippen LogP contribution is 2.28. The van der Waals surface area contributed by atoms with Gasteiger partial charge >= 0.3 is 0 Å². The first-order valence-electron chi connectivity index (χ1n) is 7.35. The molecular formula is C17H19ClN4. The molecule has 0 radical (unpaired) electrons. The topological polar surface area (TPSA) is 42.2 Å². The van der Waals surface area contributed by atoms with E-state index in [0.29, 0.717) is 11.1 Å². The van der Waals surface area contributed by atoms with E-state index in [2.05, 4.69) is 24.1 Å². The maximum absolute atomic E-state index is 6.11. The summed E-state index contributed by atoms with van der Waals surface area (Å²) in [5, 5.41) is 8.88. The van der Waals surface area contributed by atoms with Crippen LogP contribution in [0.5, 0.6) is 0 Å². The smallest absolute Gasteiger partial charge is 0.161 e. The van der Waals surface area contributed by atoms with Crippen LogP contribution in [-0.4, -0.2) is 20.6 Å². The van der Waals surface area contributed by atoms with E-state index < -0.39 is 0 Å². The number of rotatable bonds is 3. The molecule has 4 nitrogen and oxygen atoms in total. The number of anilines is 1. The second kappa shape index (κ2) is 5.61. The summed E-state index contributed by atoms with van der Waals surface area (Å²) in [6.45, 7) is 8.26. The lowest BCUT2D eigenvalue weighted by molar-refractivity contribution is 0.849. The number of nitrogens with zero attached hydrogens (tertiary/aromatic N) is 3. The molecule has 0 atom stereocenters. The van der Waals surface area contributed by atoms with Gasteiger partial charge in [0.25, 0.3) is 0 Å². The van der Waals surface area contributed by atoms with E-state index in [-0.39, 0.29) is 0 Å². The van der Waals surface area contributed by atoms with Crippen molar-refractivity contribution in [2.24, 2.45) is 0 Å². The molecule has 1 N–H and O–H groups in total. The number of aromatic nitrogens is 3. The Kier molecular flexibility index (Phi) is 3.79. The van der Waals surface area contributed by atoms with Crippen molar-refractivity contribution in [2.75, 3.05) is 5.32 Å². The lowest BCUT2D eigenvalue weighted by Crippen LogP contribution is -2.14. The van der Waals surface area contributed by atoms with Crippen LogP contribution in [0.15, 0.2) is 30.3 Å². The standard InChI is InChI=1S/C17H19ClN4/c1-10(2)19-15-8-11(3)20-17-12(4)16(21-22(15)17)13-6-5-7-14(18)9-13/h5-10,19H,1-4H3. The van der Waals surface area contributed by atoms with E-state index in [1.165, 1.54) is 0 Å². The van der Waals surface area contributed by atoms with Crippen LogP contribution in [0.2, 0.25) is 5.02 Å². The summed E-state index contributed by atoms with van der Waals surface area (Å²) in [7, 11) is 0. The third-order valence-electron chi connectivity index (χ3n) is 3.48. The molecular weight excluding hydrogens is 296 g/mol. The van der Waals surface area contributed by atoms with Crippen molar-refractivity contribution >= 4 is 23.1 Å². The zero-order valence-corrected chi connectivity index (χ0v) is 13.9. The van der Waals surface area contributed by atoms with Crippen molar-refractivity contribution in [2.45, 2.75) is 33.7 Å². The molecule has 1 aromatic carbocycles. The molecule has 3 aromatic rings. The highest BCUT2D eigenvalue weighted by molar-refractivity contribution is 6.30. The molecule has 0 amide bonds. The SMILES string of the molecule is Cc1cc(NC(C)C)n2nc(-c3cccc(Cl)c3)c(C)c2n1. The lowest BCUT2D eigenvalue weighted by Gasteiger charge is -2.12. The number of aryl methyl sites for hydroxylation is 2. The summed E-state index contributed by atoms with van der Waals surface area (Å²) in [6.07, 6.45) is 0. The molecule has 3 rings (SSSR count). The number of nitrogens with one attached hydrogen (secondary N) is 1. The highest BCUT2D eigenvalue weighted by atomic mass is 35.5. The van der Waals surface area contributed by atoms with Crippen LogP contribution in [0.1, 0.15) is 25.1 Å². The molecule has 0 aliphatic heterocycles. The number of hydrogen-bond donors (Lipinski definition) is 1. The summed E-state index contributed by atoms with van der Waals surface area (Å²) < 4.78 is 1.87. The van der Waals surface area contributed by atoms with Gasteiger partial charge in [0.2, 0.25) is 0 Å². The Morgan fingerprint density at radius 1 is 1.18 bits per heavy atom. The van der Waals surface area contributed by atoms with Crippen LogP contribution >= 0.6 is 11.6 Å². The normalized spacial score (nSPS) is 11.4. The average Bonchev–Trinajstić information content (AvgIpc) is 2.76. The second-order valence-electron chi connectivity index (χ2n) is 5.80. The fourth-order valence-corrected chi connectivity index (χ4v) is 2.74. The Morgan fingerprint density at radius 3 is 2.64 bits per heavy atom. The minimum absolute atomic E-state index is 0.323.